The van der Waals surface area contributed by atoms with Crippen molar-refractivity contribution in [2.75, 3.05) is 26.7 Å². The molecule has 0 spiro atoms. The molecule has 8 nitrogen and oxygen atoms in total. The zero-order valence-electron chi connectivity index (χ0n) is 13.7. The van der Waals surface area contributed by atoms with Crippen LogP contribution in [0.5, 0.6) is 0 Å². The van der Waals surface area contributed by atoms with E-state index in [9.17, 15) is 4.79 Å². The van der Waals surface area contributed by atoms with E-state index in [0.29, 0.717) is 31.4 Å². The maximum absolute atomic E-state index is 11.9. The van der Waals surface area contributed by atoms with Crippen molar-refractivity contribution in [2.45, 2.75) is 33.2 Å². The summed E-state index contributed by atoms with van der Waals surface area (Å²) in [6, 6.07) is 0. The van der Waals surface area contributed by atoms with Crippen LogP contribution in [0.2, 0.25) is 0 Å². The zero-order valence-corrected chi connectivity index (χ0v) is 16.1. The molecule has 1 aromatic rings. The molecule has 0 unspecified atom stereocenters. The average molecular weight is 437 g/mol. The van der Waals surface area contributed by atoms with Crippen LogP contribution >= 0.6 is 24.0 Å². The summed E-state index contributed by atoms with van der Waals surface area (Å²) in [5, 5.41) is 7.04. The molecule has 1 fully saturated rings. The van der Waals surface area contributed by atoms with E-state index in [4.69, 9.17) is 9.26 Å². The average Bonchev–Trinajstić information content (AvgIpc) is 2.94. The fourth-order valence-electron chi connectivity index (χ4n) is 2.53. The van der Waals surface area contributed by atoms with Crippen LogP contribution in [-0.2, 0) is 16.1 Å². The van der Waals surface area contributed by atoms with Crippen LogP contribution in [0.4, 0.5) is 0 Å². The number of hydrogen-bond acceptors (Lipinski definition) is 6. The molecule has 23 heavy (non-hydrogen) atoms. The minimum atomic E-state index is -0.128. The topological polar surface area (TPSA) is 92.8 Å². The SMILES string of the molecule is CCOC(=O)[C@@H]1CCCN(C(=NC)NCc2noc(C)n2)C1.I. The lowest BCUT2D eigenvalue weighted by atomic mass is 9.98. The molecule has 0 bridgehead atoms. The second kappa shape index (κ2) is 9.68. The van der Waals surface area contributed by atoms with E-state index in [2.05, 4.69) is 25.3 Å². The van der Waals surface area contributed by atoms with Crippen molar-refractivity contribution in [3.05, 3.63) is 11.7 Å². The Morgan fingerprint density at radius 1 is 1.57 bits per heavy atom. The van der Waals surface area contributed by atoms with E-state index in [1.54, 1.807) is 14.0 Å². The summed E-state index contributed by atoms with van der Waals surface area (Å²) in [5.74, 6) is 1.62. The van der Waals surface area contributed by atoms with Gasteiger partial charge < -0.3 is 19.5 Å². The highest BCUT2D eigenvalue weighted by atomic mass is 127. The number of nitrogens with zero attached hydrogens (tertiary/aromatic N) is 4. The van der Waals surface area contributed by atoms with Crippen LogP contribution in [0.1, 0.15) is 31.5 Å². The number of esters is 1. The lowest BCUT2D eigenvalue weighted by Crippen LogP contribution is -2.48. The number of hydrogen-bond donors (Lipinski definition) is 1. The predicted octanol–water partition coefficient (Wildman–Crippen LogP) is 1.35. The highest BCUT2D eigenvalue weighted by Crippen LogP contribution is 2.18. The third-order valence-electron chi connectivity index (χ3n) is 3.53. The first kappa shape index (κ1) is 19.7. The summed E-state index contributed by atoms with van der Waals surface area (Å²) < 4.78 is 10.1. The molecule has 1 aliphatic heterocycles. The Morgan fingerprint density at radius 3 is 2.96 bits per heavy atom. The quantitative estimate of drug-likeness (QED) is 0.329. The number of piperidine rings is 1. The Hall–Kier alpha value is -1.39. The number of carbonyl (C=O) groups excluding carboxylic acids is 1. The zero-order chi connectivity index (χ0) is 15.9. The fourth-order valence-corrected chi connectivity index (χ4v) is 2.53. The largest absolute Gasteiger partial charge is 0.466 e. The number of nitrogens with one attached hydrogen (secondary N) is 1. The molecule has 1 N–H and O–H groups in total. The first-order valence-electron chi connectivity index (χ1n) is 7.55. The summed E-state index contributed by atoms with van der Waals surface area (Å²) in [7, 11) is 1.72. The number of likely N-dealkylation sites (tertiary alicyclic amines) is 1. The molecule has 0 radical (unpaired) electrons. The van der Waals surface area contributed by atoms with Gasteiger partial charge in [0, 0.05) is 27.1 Å². The molecule has 2 rings (SSSR count). The molecular formula is C14H24IN5O3. The molecule has 130 valence electrons. The van der Waals surface area contributed by atoms with Gasteiger partial charge in [0.25, 0.3) is 0 Å². The number of guanidine groups is 1. The standard InChI is InChI=1S/C14H23N5O3.HI/c1-4-21-13(20)11-6-5-7-19(9-11)14(15-3)16-8-12-17-10(2)22-18-12;/h11H,4-9H2,1-3H3,(H,15,16);1H/t11-;/m1./s1. The van der Waals surface area contributed by atoms with Gasteiger partial charge in [0.15, 0.2) is 11.8 Å². The number of aromatic nitrogens is 2. The third kappa shape index (κ3) is 5.63. The Labute approximate surface area is 153 Å². The van der Waals surface area contributed by atoms with Gasteiger partial charge in [-0.2, -0.15) is 4.98 Å². The van der Waals surface area contributed by atoms with E-state index >= 15 is 0 Å². The van der Waals surface area contributed by atoms with Crippen molar-refractivity contribution in [2.24, 2.45) is 10.9 Å². The van der Waals surface area contributed by atoms with Gasteiger partial charge in [-0.15, -0.1) is 24.0 Å². The first-order valence-corrected chi connectivity index (χ1v) is 7.55. The fraction of sp³-hybridized carbons (Fsp3) is 0.714. The van der Waals surface area contributed by atoms with Crippen molar-refractivity contribution in [1.82, 2.24) is 20.4 Å². The van der Waals surface area contributed by atoms with Gasteiger partial charge >= 0.3 is 5.97 Å². The van der Waals surface area contributed by atoms with E-state index in [1.165, 1.54) is 0 Å². The van der Waals surface area contributed by atoms with Gasteiger partial charge in [0.2, 0.25) is 5.89 Å². The van der Waals surface area contributed by atoms with Gasteiger partial charge in [-0.3, -0.25) is 9.79 Å². The summed E-state index contributed by atoms with van der Waals surface area (Å²) in [6.07, 6.45) is 1.79. The molecule has 0 saturated carbocycles. The number of carbonyl (C=O) groups is 1. The predicted molar refractivity (Wildman–Crippen MR) is 95.6 cm³/mol. The van der Waals surface area contributed by atoms with Gasteiger partial charge in [0.1, 0.15) is 0 Å². The summed E-state index contributed by atoms with van der Waals surface area (Å²) in [6.45, 7) is 5.90. The molecular weight excluding hydrogens is 413 g/mol. The van der Waals surface area contributed by atoms with Crippen LogP contribution in [0.15, 0.2) is 9.52 Å². The van der Waals surface area contributed by atoms with Crippen molar-refractivity contribution >= 4 is 35.9 Å². The van der Waals surface area contributed by atoms with Crippen LogP contribution in [0, 0.1) is 12.8 Å². The van der Waals surface area contributed by atoms with Gasteiger partial charge in [0.05, 0.1) is 19.1 Å². The number of halogens is 1. The van der Waals surface area contributed by atoms with Crippen molar-refractivity contribution in [3.63, 3.8) is 0 Å². The Kier molecular flexibility index (Phi) is 8.28. The van der Waals surface area contributed by atoms with E-state index in [1.807, 2.05) is 6.92 Å². The summed E-state index contributed by atoms with van der Waals surface area (Å²) >= 11 is 0. The molecule has 1 saturated heterocycles. The molecule has 1 aliphatic rings. The lowest BCUT2D eigenvalue weighted by Gasteiger charge is -2.33. The van der Waals surface area contributed by atoms with Gasteiger partial charge in [-0.25, -0.2) is 0 Å². The van der Waals surface area contributed by atoms with Gasteiger partial charge in [-0.1, -0.05) is 5.16 Å². The Bertz CT molecular complexity index is 534. The van der Waals surface area contributed by atoms with E-state index in [0.717, 1.165) is 25.3 Å². The maximum Gasteiger partial charge on any atom is 0.310 e. The summed E-state index contributed by atoms with van der Waals surface area (Å²) in [4.78, 5) is 22.4. The smallest absolute Gasteiger partial charge is 0.310 e. The minimum absolute atomic E-state index is 0. The highest BCUT2D eigenvalue weighted by molar-refractivity contribution is 14.0. The van der Waals surface area contributed by atoms with Crippen LogP contribution in [-0.4, -0.2) is 53.7 Å². The number of ether oxygens (including phenoxy) is 1. The Morgan fingerprint density at radius 2 is 2.35 bits per heavy atom. The molecule has 1 aromatic heterocycles. The minimum Gasteiger partial charge on any atom is -0.466 e. The molecule has 9 heteroatoms. The van der Waals surface area contributed by atoms with Crippen molar-refractivity contribution in [1.29, 1.82) is 0 Å². The van der Waals surface area contributed by atoms with Crippen molar-refractivity contribution < 1.29 is 14.1 Å². The number of aryl methyl sites for hydroxylation is 1. The number of rotatable bonds is 4. The van der Waals surface area contributed by atoms with Crippen molar-refractivity contribution in [3.8, 4) is 0 Å². The molecule has 1 atom stereocenters. The molecule has 0 amide bonds. The number of aliphatic imine (C=N–C) groups is 1. The molecule has 2 heterocycles. The monoisotopic (exact) mass is 437 g/mol. The third-order valence-corrected chi connectivity index (χ3v) is 3.53. The van der Waals surface area contributed by atoms with Crippen LogP contribution < -0.4 is 5.32 Å². The van der Waals surface area contributed by atoms with E-state index in [-0.39, 0.29) is 35.9 Å². The van der Waals surface area contributed by atoms with E-state index < -0.39 is 0 Å². The first-order chi connectivity index (χ1) is 10.6. The maximum atomic E-state index is 11.9. The lowest BCUT2D eigenvalue weighted by molar-refractivity contribution is -0.149. The second-order valence-electron chi connectivity index (χ2n) is 5.17. The normalized spacial score (nSPS) is 18.3. The van der Waals surface area contributed by atoms with Gasteiger partial charge in [-0.05, 0) is 19.8 Å². The molecule has 0 aliphatic carbocycles. The molecule has 0 aromatic carbocycles. The second-order valence-corrected chi connectivity index (χ2v) is 5.17. The highest BCUT2D eigenvalue weighted by Gasteiger charge is 2.28. The Balaban J connectivity index is 0.00000264. The van der Waals surface area contributed by atoms with Crippen LogP contribution in [0.25, 0.3) is 0 Å². The summed E-state index contributed by atoms with van der Waals surface area (Å²) in [5.41, 5.74) is 0. The van der Waals surface area contributed by atoms with Crippen LogP contribution in [0.3, 0.4) is 0 Å².